The van der Waals surface area contributed by atoms with Crippen molar-refractivity contribution in [3.63, 3.8) is 0 Å². The number of halogens is 4. The lowest BCUT2D eigenvalue weighted by atomic mass is 10.1. The molecule has 1 saturated heterocycles. The summed E-state index contributed by atoms with van der Waals surface area (Å²) in [5, 5.41) is 7.10. The van der Waals surface area contributed by atoms with Crippen molar-refractivity contribution in [2.24, 2.45) is 0 Å². The molecule has 0 bridgehead atoms. The summed E-state index contributed by atoms with van der Waals surface area (Å²) < 4.78 is 40.8. The van der Waals surface area contributed by atoms with Crippen molar-refractivity contribution < 1.29 is 18.0 Å². The Balaban J connectivity index is 1.41. The fourth-order valence-electron chi connectivity index (χ4n) is 3.43. The zero-order valence-electron chi connectivity index (χ0n) is 16.8. The van der Waals surface area contributed by atoms with Crippen LogP contribution in [0.5, 0.6) is 0 Å². The smallest absolute Gasteiger partial charge is 0.354 e. The zero-order chi connectivity index (χ0) is 22.7. The normalized spacial score (nSPS) is 15.1. The minimum absolute atomic E-state index is 0.0133. The second-order valence-corrected chi connectivity index (χ2v) is 7.65. The lowest BCUT2D eigenvalue weighted by molar-refractivity contribution is -0.137. The van der Waals surface area contributed by atoms with Gasteiger partial charge in [-0.2, -0.15) is 18.3 Å². The van der Waals surface area contributed by atoms with Gasteiger partial charge < -0.3 is 10.2 Å². The number of nitrogens with zero attached hydrogens (tertiary/aromatic N) is 6. The highest BCUT2D eigenvalue weighted by Crippen LogP contribution is 2.33. The number of pyridine rings is 1. The predicted octanol–water partition coefficient (Wildman–Crippen LogP) is 3.10. The van der Waals surface area contributed by atoms with Crippen LogP contribution in [0.4, 0.5) is 24.7 Å². The van der Waals surface area contributed by atoms with Gasteiger partial charge in [-0.3, -0.25) is 9.69 Å². The Morgan fingerprint density at radius 2 is 1.91 bits per heavy atom. The van der Waals surface area contributed by atoms with Gasteiger partial charge in [0.2, 0.25) is 5.91 Å². The average Bonchev–Trinajstić information content (AvgIpc) is 3.29. The molecule has 3 heterocycles. The maximum atomic E-state index is 13.2. The average molecular weight is 466 g/mol. The largest absolute Gasteiger partial charge is 0.416 e. The third-order valence-electron chi connectivity index (χ3n) is 5.04. The molecule has 3 aromatic rings. The van der Waals surface area contributed by atoms with Crippen molar-refractivity contribution >= 4 is 29.0 Å². The van der Waals surface area contributed by atoms with E-state index in [-0.39, 0.29) is 12.2 Å². The number of anilines is 2. The maximum Gasteiger partial charge on any atom is 0.416 e. The number of hydrogen-bond donors (Lipinski definition) is 1. The van der Waals surface area contributed by atoms with Crippen molar-refractivity contribution in [3.05, 3.63) is 59.8 Å². The minimum atomic E-state index is -4.54. The Morgan fingerprint density at radius 1 is 1.12 bits per heavy atom. The highest BCUT2D eigenvalue weighted by molar-refractivity contribution is 6.30. The molecule has 0 unspecified atom stereocenters. The Kier molecular flexibility index (Phi) is 6.28. The van der Waals surface area contributed by atoms with E-state index >= 15 is 0 Å². The topological polar surface area (TPSA) is 79.2 Å². The van der Waals surface area contributed by atoms with E-state index in [1.807, 2.05) is 11.0 Å². The molecule has 12 heteroatoms. The summed E-state index contributed by atoms with van der Waals surface area (Å²) in [6, 6.07) is 6.70. The molecule has 1 aliphatic rings. The molecule has 1 aromatic carbocycles. The van der Waals surface area contributed by atoms with E-state index in [9.17, 15) is 18.0 Å². The van der Waals surface area contributed by atoms with E-state index in [1.54, 1.807) is 12.3 Å². The number of amides is 1. The molecule has 0 radical (unpaired) electrons. The molecule has 0 atom stereocenters. The van der Waals surface area contributed by atoms with Crippen LogP contribution in [0.2, 0.25) is 5.02 Å². The molecule has 32 heavy (non-hydrogen) atoms. The van der Waals surface area contributed by atoms with Crippen LogP contribution >= 0.6 is 11.6 Å². The van der Waals surface area contributed by atoms with Crippen LogP contribution in [0.3, 0.4) is 0 Å². The first-order valence-electron chi connectivity index (χ1n) is 9.74. The van der Waals surface area contributed by atoms with Gasteiger partial charge in [-0.1, -0.05) is 11.6 Å². The van der Waals surface area contributed by atoms with Crippen molar-refractivity contribution in [1.29, 1.82) is 0 Å². The molecule has 4 rings (SSSR count). The third-order valence-corrected chi connectivity index (χ3v) is 5.26. The van der Waals surface area contributed by atoms with Gasteiger partial charge in [0.25, 0.3) is 0 Å². The molecule has 2 aromatic heterocycles. The van der Waals surface area contributed by atoms with Crippen molar-refractivity contribution in [2.75, 3.05) is 42.9 Å². The van der Waals surface area contributed by atoms with Crippen LogP contribution in [0.15, 0.2) is 49.2 Å². The molecular weight excluding hydrogens is 447 g/mol. The van der Waals surface area contributed by atoms with Gasteiger partial charge in [-0.05, 0) is 30.3 Å². The summed E-state index contributed by atoms with van der Waals surface area (Å²) in [5.74, 6) is 0.392. The highest BCUT2D eigenvalue weighted by atomic mass is 35.5. The van der Waals surface area contributed by atoms with Gasteiger partial charge in [0.1, 0.15) is 18.5 Å². The van der Waals surface area contributed by atoms with E-state index in [2.05, 4.69) is 25.3 Å². The van der Waals surface area contributed by atoms with E-state index in [1.165, 1.54) is 23.4 Å². The number of piperazine rings is 1. The Bertz CT molecular complexity index is 1070. The maximum absolute atomic E-state index is 13.2. The van der Waals surface area contributed by atoms with Crippen LogP contribution in [0.25, 0.3) is 5.69 Å². The van der Waals surface area contributed by atoms with Crippen LogP contribution in [0, 0.1) is 0 Å². The summed E-state index contributed by atoms with van der Waals surface area (Å²) in [6.45, 7) is 2.59. The van der Waals surface area contributed by atoms with Crippen molar-refractivity contribution in [1.82, 2.24) is 24.6 Å². The van der Waals surface area contributed by atoms with Gasteiger partial charge in [0.15, 0.2) is 0 Å². The van der Waals surface area contributed by atoms with Crippen LogP contribution in [-0.2, 0) is 11.0 Å². The number of rotatable bonds is 5. The first kappa shape index (κ1) is 22.0. The monoisotopic (exact) mass is 465 g/mol. The second kappa shape index (κ2) is 9.13. The number of hydrogen-bond acceptors (Lipinski definition) is 6. The molecule has 8 nitrogen and oxygen atoms in total. The molecule has 1 aliphatic heterocycles. The van der Waals surface area contributed by atoms with Gasteiger partial charge in [0, 0.05) is 32.4 Å². The lowest BCUT2D eigenvalue weighted by Gasteiger charge is -2.35. The van der Waals surface area contributed by atoms with Gasteiger partial charge >= 0.3 is 6.18 Å². The summed E-state index contributed by atoms with van der Waals surface area (Å²) in [4.78, 5) is 24.8. The van der Waals surface area contributed by atoms with Gasteiger partial charge in [-0.15, -0.1) is 0 Å². The molecule has 0 spiro atoms. The minimum Gasteiger partial charge on any atom is -0.354 e. The quantitative estimate of drug-likeness (QED) is 0.624. The Labute approximate surface area is 186 Å². The summed E-state index contributed by atoms with van der Waals surface area (Å²) in [5.41, 5.74) is -0.553. The molecule has 0 saturated carbocycles. The van der Waals surface area contributed by atoms with E-state index in [0.717, 1.165) is 18.0 Å². The SMILES string of the molecule is O=C(CN1CCN(c2ccc(Cl)cn2)CC1)Nc1cc(C(F)(F)F)ccc1-n1cncn1. The zero-order valence-corrected chi connectivity index (χ0v) is 17.5. The van der Waals surface area contributed by atoms with Crippen LogP contribution < -0.4 is 10.2 Å². The van der Waals surface area contributed by atoms with Crippen LogP contribution in [0.1, 0.15) is 5.56 Å². The van der Waals surface area contributed by atoms with E-state index in [4.69, 9.17) is 11.6 Å². The van der Waals surface area contributed by atoms with E-state index < -0.39 is 17.6 Å². The predicted molar refractivity (Wildman–Crippen MR) is 113 cm³/mol. The molecule has 1 amide bonds. The van der Waals surface area contributed by atoms with Crippen molar-refractivity contribution in [3.8, 4) is 5.69 Å². The number of aromatic nitrogens is 4. The number of nitrogens with one attached hydrogen (secondary N) is 1. The molecule has 1 fully saturated rings. The number of alkyl halides is 3. The number of carbonyl (C=O) groups excluding carboxylic acids is 1. The summed E-state index contributed by atoms with van der Waals surface area (Å²) in [6.07, 6.45) is -0.342. The standard InChI is InChI=1S/C20H19ClF3N7O/c21-15-2-4-18(26-10-15)30-7-5-29(6-8-30)11-19(32)28-16-9-14(20(22,23)24)1-3-17(16)31-13-25-12-27-31/h1-4,9-10,12-13H,5-8,11H2,(H,28,32). The van der Waals surface area contributed by atoms with Crippen LogP contribution in [-0.4, -0.2) is 63.3 Å². The molecular formula is C20H19ClF3N7O. The van der Waals surface area contributed by atoms with Gasteiger partial charge in [0.05, 0.1) is 28.5 Å². The number of carbonyl (C=O) groups is 1. The highest BCUT2D eigenvalue weighted by Gasteiger charge is 2.31. The molecule has 168 valence electrons. The first-order chi connectivity index (χ1) is 15.3. The summed E-state index contributed by atoms with van der Waals surface area (Å²) in [7, 11) is 0. The Morgan fingerprint density at radius 3 is 2.53 bits per heavy atom. The number of benzene rings is 1. The van der Waals surface area contributed by atoms with Gasteiger partial charge in [-0.25, -0.2) is 14.6 Å². The second-order valence-electron chi connectivity index (χ2n) is 7.22. The fourth-order valence-corrected chi connectivity index (χ4v) is 3.54. The lowest BCUT2D eigenvalue weighted by Crippen LogP contribution is -2.49. The molecule has 0 aliphatic carbocycles. The first-order valence-corrected chi connectivity index (χ1v) is 10.1. The van der Waals surface area contributed by atoms with E-state index in [0.29, 0.717) is 36.9 Å². The summed E-state index contributed by atoms with van der Waals surface area (Å²) >= 11 is 5.87. The Hall–Kier alpha value is -3.18. The molecule has 1 N–H and O–H groups in total. The fraction of sp³-hybridized carbons (Fsp3) is 0.300. The third kappa shape index (κ3) is 5.17. The van der Waals surface area contributed by atoms with Crippen molar-refractivity contribution in [2.45, 2.75) is 6.18 Å².